The minimum atomic E-state index is -3.91. The third-order valence-corrected chi connectivity index (χ3v) is 7.73. The molecule has 13 heteroatoms. The molecule has 202 valence electrons. The Hall–Kier alpha value is -4.75. The molecule has 0 radical (unpaired) electrons. The standard InChI is InChI=1S/C27H23FN8O3S/c28-20-4-6-22(7-5-20)40(37,38)35-21-3-1-2-17(12-21)18-13-23-24(30-14-18)26(36-8-10-39-11-9-36)34-25(33-23)19-15-31-27(29)32-16-19/h1-7,12-16,35H,8-11H2,(H2,29,31,32). The second-order valence-electron chi connectivity index (χ2n) is 9.03. The first-order valence-electron chi connectivity index (χ1n) is 12.3. The van der Waals surface area contributed by atoms with Crippen LogP contribution in [0.15, 0.2) is 78.1 Å². The predicted molar refractivity (Wildman–Crippen MR) is 148 cm³/mol. The molecular formula is C27H23FN8O3S. The maximum absolute atomic E-state index is 13.3. The van der Waals surface area contributed by atoms with Crippen LogP contribution in [0.2, 0.25) is 0 Å². The smallest absolute Gasteiger partial charge is 0.261 e. The van der Waals surface area contributed by atoms with E-state index < -0.39 is 15.8 Å². The number of nitrogens with zero attached hydrogens (tertiary/aromatic N) is 6. The summed E-state index contributed by atoms with van der Waals surface area (Å²) in [5.41, 5.74) is 9.28. The van der Waals surface area contributed by atoms with Gasteiger partial charge in [0.1, 0.15) is 11.3 Å². The van der Waals surface area contributed by atoms with E-state index in [0.29, 0.717) is 60.2 Å². The Labute approximate surface area is 229 Å². The summed E-state index contributed by atoms with van der Waals surface area (Å²) in [5.74, 6) is 0.732. The van der Waals surface area contributed by atoms with E-state index in [1.54, 1.807) is 36.8 Å². The van der Waals surface area contributed by atoms with Gasteiger partial charge >= 0.3 is 0 Å². The highest BCUT2D eigenvalue weighted by molar-refractivity contribution is 7.92. The van der Waals surface area contributed by atoms with Gasteiger partial charge in [-0.05, 0) is 48.0 Å². The summed E-state index contributed by atoms with van der Waals surface area (Å²) in [6.07, 6.45) is 4.84. The van der Waals surface area contributed by atoms with Gasteiger partial charge in [-0.25, -0.2) is 32.7 Å². The molecule has 0 amide bonds. The van der Waals surface area contributed by atoms with Crippen molar-refractivity contribution < 1.29 is 17.5 Å². The number of fused-ring (bicyclic) bond motifs is 1. The van der Waals surface area contributed by atoms with Gasteiger partial charge < -0.3 is 15.4 Å². The fourth-order valence-electron chi connectivity index (χ4n) is 4.33. The molecule has 11 nitrogen and oxygen atoms in total. The Balaban J connectivity index is 1.39. The van der Waals surface area contributed by atoms with Crippen molar-refractivity contribution in [2.45, 2.75) is 4.90 Å². The largest absolute Gasteiger partial charge is 0.378 e. The zero-order valence-corrected chi connectivity index (χ0v) is 21.8. The fourth-order valence-corrected chi connectivity index (χ4v) is 5.38. The van der Waals surface area contributed by atoms with Gasteiger partial charge in [-0.2, -0.15) is 0 Å². The molecule has 0 bridgehead atoms. The van der Waals surface area contributed by atoms with Crippen molar-refractivity contribution in [3.63, 3.8) is 0 Å². The van der Waals surface area contributed by atoms with Crippen molar-refractivity contribution in [2.24, 2.45) is 0 Å². The first-order valence-corrected chi connectivity index (χ1v) is 13.8. The Bertz CT molecular complexity index is 1800. The van der Waals surface area contributed by atoms with E-state index in [4.69, 9.17) is 25.4 Å². The summed E-state index contributed by atoms with van der Waals surface area (Å²) < 4.78 is 47.0. The van der Waals surface area contributed by atoms with E-state index in [-0.39, 0.29) is 10.8 Å². The first-order chi connectivity index (χ1) is 19.4. The second kappa shape index (κ2) is 10.4. The van der Waals surface area contributed by atoms with E-state index in [1.807, 2.05) is 12.1 Å². The van der Waals surface area contributed by atoms with Crippen LogP contribution in [0, 0.1) is 5.82 Å². The molecule has 40 heavy (non-hydrogen) atoms. The molecule has 1 fully saturated rings. The molecule has 3 N–H and O–H groups in total. The molecule has 1 aliphatic heterocycles. The SMILES string of the molecule is Nc1ncc(-c2nc(N3CCOCC3)c3ncc(-c4cccc(NS(=O)(=O)c5ccc(F)cc5)c4)cc3n2)cn1. The van der Waals surface area contributed by atoms with Crippen LogP contribution in [0.5, 0.6) is 0 Å². The topological polar surface area (TPSA) is 149 Å². The molecule has 0 spiro atoms. The highest BCUT2D eigenvalue weighted by Gasteiger charge is 2.20. The lowest BCUT2D eigenvalue weighted by atomic mass is 10.1. The van der Waals surface area contributed by atoms with Gasteiger partial charge in [-0.3, -0.25) is 9.71 Å². The molecular weight excluding hydrogens is 535 g/mol. The predicted octanol–water partition coefficient (Wildman–Crippen LogP) is 3.51. The summed E-state index contributed by atoms with van der Waals surface area (Å²) in [6, 6.07) is 13.4. The van der Waals surface area contributed by atoms with Gasteiger partial charge in [0, 0.05) is 42.9 Å². The van der Waals surface area contributed by atoms with Crippen LogP contribution in [0.25, 0.3) is 33.5 Å². The van der Waals surface area contributed by atoms with Gasteiger partial charge in [-0.15, -0.1) is 0 Å². The zero-order valence-electron chi connectivity index (χ0n) is 21.0. The summed E-state index contributed by atoms with van der Waals surface area (Å²) in [7, 11) is -3.91. The van der Waals surface area contributed by atoms with Crippen LogP contribution in [-0.2, 0) is 14.8 Å². The van der Waals surface area contributed by atoms with E-state index in [0.717, 1.165) is 23.3 Å². The number of halogens is 1. The van der Waals surface area contributed by atoms with Gasteiger partial charge in [0.25, 0.3) is 10.0 Å². The lowest BCUT2D eigenvalue weighted by molar-refractivity contribution is 0.122. The van der Waals surface area contributed by atoms with E-state index >= 15 is 0 Å². The Kier molecular flexibility index (Phi) is 6.66. The number of hydrogen-bond donors (Lipinski definition) is 2. The van der Waals surface area contributed by atoms with Crippen molar-refractivity contribution in [3.05, 3.63) is 79.0 Å². The molecule has 5 aromatic rings. The van der Waals surface area contributed by atoms with Crippen LogP contribution in [0.3, 0.4) is 0 Å². The van der Waals surface area contributed by atoms with Gasteiger partial charge in [0.2, 0.25) is 5.95 Å². The van der Waals surface area contributed by atoms with Crippen molar-refractivity contribution >= 4 is 38.5 Å². The van der Waals surface area contributed by atoms with Crippen LogP contribution in [0.1, 0.15) is 0 Å². The molecule has 3 aromatic heterocycles. The number of morpholine rings is 1. The maximum atomic E-state index is 13.3. The minimum Gasteiger partial charge on any atom is -0.378 e. The number of nitrogens with two attached hydrogens (primary N) is 1. The van der Waals surface area contributed by atoms with Crippen LogP contribution >= 0.6 is 0 Å². The van der Waals surface area contributed by atoms with E-state index in [1.165, 1.54) is 12.1 Å². The summed E-state index contributed by atoms with van der Waals surface area (Å²) in [4.78, 5) is 24.5. The molecule has 1 aliphatic rings. The van der Waals surface area contributed by atoms with Crippen molar-refractivity contribution in [1.29, 1.82) is 0 Å². The fraction of sp³-hybridized carbons (Fsp3) is 0.148. The highest BCUT2D eigenvalue weighted by Crippen LogP contribution is 2.31. The molecule has 0 atom stereocenters. The van der Waals surface area contributed by atoms with E-state index in [2.05, 4.69) is 19.6 Å². The van der Waals surface area contributed by atoms with Gasteiger partial charge in [-0.1, -0.05) is 12.1 Å². The Morgan fingerprint density at radius 1 is 0.875 bits per heavy atom. The van der Waals surface area contributed by atoms with Crippen molar-refractivity contribution in [2.75, 3.05) is 41.7 Å². The summed E-state index contributed by atoms with van der Waals surface area (Å²) >= 11 is 0. The second-order valence-corrected chi connectivity index (χ2v) is 10.7. The zero-order chi connectivity index (χ0) is 27.7. The normalized spacial score (nSPS) is 13.9. The van der Waals surface area contributed by atoms with Crippen LogP contribution in [0.4, 0.5) is 21.8 Å². The number of nitrogen functional groups attached to an aromatic ring is 1. The van der Waals surface area contributed by atoms with E-state index in [9.17, 15) is 12.8 Å². The number of nitrogens with one attached hydrogen (secondary N) is 1. The number of ether oxygens (including phenoxy) is 1. The molecule has 0 aliphatic carbocycles. The van der Waals surface area contributed by atoms with Crippen LogP contribution < -0.4 is 15.4 Å². The van der Waals surface area contributed by atoms with Crippen molar-refractivity contribution in [1.82, 2.24) is 24.9 Å². The lowest BCUT2D eigenvalue weighted by Gasteiger charge is -2.28. The van der Waals surface area contributed by atoms with Gasteiger partial charge in [0.15, 0.2) is 11.6 Å². The average molecular weight is 559 g/mol. The molecule has 0 unspecified atom stereocenters. The summed E-state index contributed by atoms with van der Waals surface area (Å²) in [6.45, 7) is 2.46. The number of pyridine rings is 1. The summed E-state index contributed by atoms with van der Waals surface area (Å²) in [5, 5.41) is 0. The van der Waals surface area contributed by atoms with Gasteiger partial charge in [0.05, 0.1) is 29.2 Å². The Morgan fingerprint density at radius 3 is 2.35 bits per heavy atom. The lowest BCUT2D eigenvalue weighted by Crippen LogP contribution is -2.37. The monoisotopic (exact) mass is 558 g/mol. The molecule has 6 rings (SSSR count). The number of sulfonamides is 1. The number of rotatable bonds is 6. The Morgan fingerprint density at radius 2 is 1.60 bits per heavy atom. The first kappa shape index (κ1) is 25.5. The number of benzene rings is 2. The third kappa shape index (κ3) is 5.24. The maximum Gasteiger partial charge on any atom is 0.261 e. The number of aromatic nitrogens is 5. The third-order valence-electron chi connectivity index (χ3n) is 6.33. The molecule has 0 saturated carbocycles. The number of anilines is 3. The quantitative estimate of drug-likeness (QED) is 0.317. The molecule has 1 saturated heterocycles. The highest BCUT2D eigenvalue weighted by atomic mass is 32.2. The molecule has 4 heterocycles. The van der Waals surface area contributed by atoms with Crippen molar-refractivity contribution in [3.8, 4) is 22.5 Å². The van der Waals surface area contributed by atoms with Crippen LogP contribution in [-0.4, -0.2) is 59.6 Å². The average Bonchev–Trinajstić information content (AvgIpc) is 2.97. The number of hydrogen-bond acceptors (Lipinski definition) is 10. The minimum absolute atomic E-state index is 0.0433. The molecule has 2 aromatic carbocycles.